The molecule has 5 heteroatoms. The molecule has 136 valence electrons. The maximum atomic E-state index is 12.3. The van der Waals surface area contributed by atoms with Crippen LogP contribution in [0.1, 0.15) is 23.7 Å². The highest BCUT2D eigenvalue weighted by molar-refractivity contribution is 5.79. The number of para-hydroxylation sites is 1. The Bertz CT molecular complexity index is 765. The molecule has 0 radical (unpaired) electrons. The molecule has 26 heavy (non-hydrogen) atoms. The third kappa shape index (κ3) is 3.74. The third-order valence-electron chi connectivity index (χ3n) is 5.30. The number of fused-ring (bicyclic) bond motifs is 1. The third-order valence-corrected chi connectivity index (χ3v) is 5.30. The van der Waals surface area contributed by atoms with Gasteiger partial charge in [0.2, 0.25) is 5.91 Å². The first-order valence-electron chi connectivity index (χ1n) is 9.16. The summed E-state index contributed by atoms with van der Waals surface area (Å²) in [5, 5.41) is 12.9. The predicted octanol–water partition coefficient (Wildman–Crippen LogP) is 2.27. The van der Waals surface area contributed by atoms with E-state index in [-0.39, 0.29) is 30.2 Å². The van der Waals surface area contributed by atoms with Crippen LogP contribution in [0, 0.1) is 0 Å². The van der Waals surface area contributed by atoms with Gasteiger partial charge in [-0.2, -0.15) is 0 Å². The summed E-state index contributed by atoms with van der Waals surface area (Å²) in [5.74, 6) is 0.127. The van der Waals surface area contributed by atoms with E-state index in [1.807, 2.05) is 24.3 Å². The molecule has 2 aliphatic heterocycles. The maximum absolute atomic E-state index is 12.3. The minimum atomic E-state index is -0.0446. The molecular formula is C21H24N2O3. The number of carbonyl (C=O) groups is 1. The van der Waals surface area contributed by atoms with E-state index in [1.165, 1.54) is 5.56 Å². The van der Waals surface area contributed by atoms with E-state index >= 15 is 0 Å². The topological polar surface area (TPSA) is 61.8 Å². The number of benzene rings is 2. The van der Waals surface area contributed by atoms with E-state index in [4.69, 9.17) is 4.74 Å². The molecule has 4 rings (SSSR count). The fraction of sp³-hybridized carbons (Fsp3) is 0.381. The minimum Gasteiger partial charge on any atom is -0.508 e. The SMILES string of the molecule is O=C(Cc1ccccc1O)N[C@@H]1C[C@H]2CO[C@@H](c3ccccc3)CN2C1. The van der Waals surface area contributed by atoms with Gasteiger partial charge in [0.25, 0.3) is 0 Å². The molecule has 0 saturated carbocycles. The zero-order valence-electron chi connectivity index (χ0n) is 14.7. The molecule has 0 unspecified atom stereocenters. The Balaban J connectivity index is 1.32. The normalized spacial score (nSPS) is 25.6. The lowest BCUT2D eigenvalue weighted by Gasteiger charge is -2.35. The van der Waals surface area contributed by atoms with Crippen LogP contribution in [0.4, 0.5) is 0 Å². The van der Waals surface area contributed by atoms with Gasteiger partial charge in [-0.05, 0) is 18.1 Å². The van der Waals surface area contributed by atoms with E-state index in [2.05, 4.69) is 22.3 Å². The minimum absolute atomic E-state index is 0.0446. The van der Waals surface area contributed by atoms with Gasteiger partial charge in [0.1, 0.15) is 5.75 Å². The Labute approximate surface area is 153 Å². The summed E-state index contributed by atoms with van der Waals surface area (Å²) >= 11 is 0. The summed E-state index contributed by atoms with van der Waals surface area (Å²) < 4.78 is 6.06. The van der Waals surface area contributed by atoms with E-state index < -0.39 is 0 Å². The van der Waals surface area contributed by atoms with Crippen molar-refractivity contribution in [2.75, 3.05) is 19.7 Å². The summed E-state index contributed by atoms with van der Waals surface area (Å²) in [6.07, 6.45) is 1.22. The van der Waals surface area contributed by atoms with Gasteiger partial charge in [0.15, 0.2) is 0 Å². The van der Waals surface area contributed by atoms with Gasteiger partial charge in [-0.3, -0.25) is 9.69 Å². The number of amides is 1. The standard InChI is InChI=1S/C21H24N2O3/c24-19-9-5-4-8-16(19)10-21(25)22-17-11-18-14-26-20(13-23(18)12-17)15-6-2-1-3-7-15/h1-9,17-18,20,24H,10-14H2,(H,22,25)/t17-,18+,20-/m1/s1. The number of ether oxygens (including phenoxy) is 1. The van der Waals surface area contributed by atoms with Gasteiger partial charge in [-0.1, -0.05) is 48.5 Å². The van der Waals surface area contributed by atoms with Crippen molar-refractivity contribution in [3.8, 4) is 5.75 Å². The largest absolute Gasteiger partial charge is 0.508 e. The molecule has 2 fully saturated rings. The number of carbonyl (C=O) groups excluding carboxylic acids is 1. The summed E-state index contributed by atoms with van der Waals surface area (Å²) in [7, 11) is 0. The Morgan fingerprint density at radius 2 is 1.88 bits per heavy atom. The highest BCUT2D eigenvalue weighted by Gasteiger charge is 2.38. The van der Waals surface area contributed by atoms with Crippen molar-refractivity contribution in [2.24, 2.45) is 0 Å². The van der Waals surface area contributed by atoms with Gasteiger partial charge in [-0.25, -0.2) is 0 Å². The zero-order valence-corrected chi connectivity index (χ0v) is 14.7. The van der Waals surface area contributed by atoms with Crippen molar-refractivity contribution in [1.82, 2.24) is 10.2 Å². The van der Waals surface area contributed by atoms with Crippen LogP contribution in [0.15, 0.2) is 54.6 Å². The first-order valence-corrected chi connectivity index (χ1v) is 9.16. The predicted molar refractivity (Wildman–Crippen MR) is 98.9 cm³/mol. The lowest BCUT2D eigenvalue weighted by Crippen LogP contribution is -2.43. The summed E-state index contributed by atoms with van der Waals surface area (Å²) in [6.45, 7) is 2.41. The Morgan fingerprint density at radius 1 is 1.12 bits per heavy atom. The summed E-state index contributed by atoms with van der Waals surface area (Å²) in [5.41, 5.74) is 1.87. The van der Waals surface area contributed by atoms with Crippen molar-refractivity contribution in [3.63, 3.8) is 0 Å². The molecule has 0 bridgehead atoms. The average molecular weight is 352 g/mol. The van der Waals surface area contributed by atoms with E-state index in [9.17, 15) is 9.90 Å². The van der Waals surface area contributed by atoms with Crippen LogP contribution in [-0.4, -0.2) is 47.7 Å². The van der Waals surface area contributed by atoms with Crippen molar-refractivity contribution in [1.29, 1.82) is 0 Å². The smallest absolute Gasteiger partial charge is 0.224 e. The fourth-order valence-electron chi connectivity index (χ4n) is 3.96. The van der Waals surface area contributed by atoms with Crippen LogP contribution in [0.2, 0.25) is 0 Å². The van der Waals surface area contributed by atoms with E-state index in [1.54, 1.807) is 18.2 Å². The summed E-state index contributed by atoms with van der Waals surface area (Å²) in [6, 6.07) is 17.8. The lowest BCUT2D eigenvalue weighted by atomic mass is 10.1. The van der Waals surface area contributed by atoms with Crippen LogP contribution in [0.25, 0.3) is 0 Å². The number of rotatable bonds is 4. The number of aromatic hydroxyl groups is 1. The molecule has 0 aromatic heterocycles. The second-order valence-electron chi connectivity index (χ2n) is 7.15. The summed E-state index contributed by atoms with van der Waals surface area (Å²) in [4.78, 5) is 14.8. The number of nitrogens with one attached hydrogen (secondary N) is 1. The number of phenols is 1. The van der Waals surface area contributed by atoms with Gasteiger partial charge < -0.3 is 15.2 Å². The molecule has 2 heterocycles. The zero-order chi connectivity index (χ0) is 17.9. The van der Waals surface area contributed by atoms with Crippen molar-refractivity contribution >= 4 is 5.91 Å². The number of morpholine rings is 1. The van der Waals surface area contributed by atoms with Crippen LogP contribution in [-0.2, 0) is 16.0 Å². The number of hydrogen-bond acceptors (Lipinski definition) is 4. The number of hydrogen-bond donors (Lipinski definition) is 2. The first-order chi connectivity index (χ1) is 12.7. The van der Waals surface area contributed by atoms with E-state index in [0.717, 1.165) is 19.5 Å². The maximum Gasteiger partial charge on any atom is 0.224 e. The molecule has 2 aromatic carbocycles. The quantitative estimate of drug-likeness (QED) is 0.886. The average Bonchev–Trinajstić information content (AvgIpc) is 3.05. The lowest BCUT2D eigenvalue weighted by molar-refractivity contribution is -0.121. The van der Waals surface area contributed by atoms with Crippen LogP contribution in [0.3, 0.4) is 0 Å². The second-order valence-corrected chi connectivity index (χ2v) is 7.15. The first kappa shape index (κ1) is 17.1. The highest BCUT2D eigenvalue weighted by Crippen LogP contribution is 2.30. The van der Waals surface area contributed by atoms with Crippen LogP contribution >= 0.6 is 0 Å². The molecule has 2 saturated heterocycles. The molecule has 3 atom stereocenters. The molecule has 2 aromatic rings. The van der Waals surface area contributed by atoms with E-state index in [0.29, 0.717) is 18.2 Å². The monoisotopic (exact) mass is 352 g/mol. The van der Waals surface area contributed by atoms with Crippen molar-refractivity contribution in [2.45, 2.75) is 31.0 Å². The number of phenolic OH excluding ortho intramolecular Hbond substituents is 1. The Kier molecular flexibility index (Phi) is 4.91. The molecule has 0 spiro atoms. The van der Waals surface area contributed by atoms with Gasteiger partial charge in [0.05, 0.1) is 19.1 Å². The van der Waals surface area contributed by atoms with Crippen LogP contribution in [0.5, 0.6) is 5.75 Å². The van der Waals surface area contributed by atoms with Crippen molar-refractivity contribution in [3.05, 3.63) is 65.7 Å². The molecule has 1 amide bonds. The molecule has 2 N–H and O–H groups in total. The Morgan fingerprint density at radius 3 is 2.69 bits per heavy atom. The molecular weight excluding hydrogens is 328 g/mol. The number of nitrogens with zero attached hydrogens (tertiary/aromatic N) is 1. The second kappa shape index (κ2) is 7.48. The Hall–Kier alpha value is -2.37. The van der Waals surface area contributed by atoms with Gasteiger partial charge >= 0.3 is 0 Å². The highest BCUT2D eigenvalue weighted by atomic mass is 16.5. The fourth-order valence-corrected chi connectivity index (χ4v) is 3.96. The molecule has 5 nitrogen and oxygen atoms in total. The van der Waals surface area contributed by atoms with Crippen LogP contribution < -0.4 is 5.32 Å². The molecule has 0 aliphatic carbocycles. The van der Waals surface area contributed by atoms with Gasteiger partial charge in [0, 0.05) is 30.7 Å². The molecule has 2 aliphatic rings. The van der Waals surface area contributed by atoms with Crippen molar-refractivity contribution < 1.29 is 14.6 Å². The van der Waals surface area contributed by atoms with Gasteiger partial charge in [-0.15, -0.1) is 0 Å².